The molecule has 1 unspecified atom stereocenters. The summed E-state index contributed by atoms with van der Waals surface area (Å²) >= 11 is 1.50. The summed E-state index contributed by atoms with van der Waals surface area (Å²) in [5.41, 5.74) is 0. The molecule has 0 aliphatic carbocycles. The molecular weight excluding hydrogens is 246 g/mol. The Labute approximate surface area is 110 Å². The van der Waals surface area contributed by atoms with E-state index in [0.717, 1.165) is 21.4 Å². The lowest BCUT2D eigenvalue weighted by atomic mass is 10.2. The highest BCUT2D eigenvalue weighted by molar-refractivity contribution is 7.20. The van der Waals surface area contributed by atoms with E-state index in [1.165, 1.54) is 11.3 Å². The normalized spacial score (nSPS) is 12.6. The van der Waals surface area contributed by atoms with Crippen LogP contribution in [0.25, 0.3) is 10.1 Å². The van der Waals surface area contributed by atoms with E-state index in [4.69, 9.17) is 0 Å². The minimum absolute atomic E-state index is 0.0560. The van der Waals surface area contributed by atoms with Gasteiger partial charge in [0.25, 0.3) is 5.91 Å². The highest BCUT2D eigenvalue weighted by Gasteiger charge is 2.10. The second-order valence-electron chi connectivity index (χ2n) is 4.26. The van der Waals surface area contributed by atoms with Crippen LogP contribution in [0.4, 0.5) is 0 Å². The van der Waals surface area contributed by atoms with Gasteiger partial charge in [-0.1, -0.05) is 25.1 Å². The highest BCUT2D eigenvalue weighted by Crippen LogP contribution is 2.24. The van der Waals surface area contributed by atoms with Gasteiger partial charge in [0.2, 0.25) is 0 Å². The SMILES string of the molecule is CCC(O)CCNC(=O)c1cc2ccccc2s1. The average molecular weight is 263 g/mol. The van der Waals surface area contributed by atoms with Gasteiger partial charge in [0, 0.05) is 11.2 Å². The quantitative estimate of drug-likeness (QED) is 0.871. The summed E-state index contributed by atoms with van der Waals surface area (Å²) in [7, 11) is 0. The molecule has 0 saturated heterocycles. The number of aliphatic hydroxyl groups excluding tert-OH is 1. The summed E-state index contributed by atoms with van der Waals surface area (Å²) in [6, 6.07) is 9.86. The molecule has 0 fully saturated rings. The summed E-state index contributed by atoms with van der Waals surface area (Å²) in [6.45, 7) is 2.45. The molecule has 4 heteroatoms. The van der Waals surface area contributed by atoms with Crippen LogP contribution >= 0.6 is 11.3 Å². The molecule has 0 saturated carbocycles. The second kappa shape index (κ2) is 5.98. The largest absolute Gasteiger partial charge is 0.393 e. The number of rotatable bonds is 5. The second-order valence-corrected chi connectivity index (χ2v) is 5.34. The number of hydrogen-bond acceptors (Lipinski definition) is 3. The summed E-state index contributed by atoms with van der Waals surface area (Å²) in [6.07, 6.45) is 0.999. The maximum absolute atomic E-state index is 11.9. The molecule has 0 aliphatic heterocycles. The van der Waals surface area contributed by atoms with Crippen LogP contribution in [-0.2, 0) is 0 Å². The zero-order chi connectivity index (χ0) is 13.0. The van der Waals surface area contributed by atoms with Crippen LogP contribution < -0.4 is 5.32 Å². The van der Waals surface area contributed by atoms with E-state index in [1.807, 2.05) is 37.3 Å². The van der Waals surface area contributed by atoms with Crippen molar-refractivity contribution in [2.24, 2.45) is 0 Å². The Hall–Kier alpha value is -1.39. The maximum atomic E-state index is 11.9. The van der Waals surface area contributed by atoms with Gasteiger partial charge in [-0.05, 0) is 30.4 Å². The molecule has 1 aromatic carbocycles. The van der Waals surface area contributed by atoms with Gasteiger partial charge >= 0.3 is 0 Å². The number of thiophene rings is 1. The zero-order valence-corrected chi connectivity index (χ0v) is 11.2. The Morgan fingerprint density at radius 3 is 2.94 bits per heavy atom. The molecule has 0 bridgehead atoms. The Kier molecular flexibility index (Phi) is 4.33. The van der Waals surface area contributed by atoms with E-state index in [-0.39, 0.29) is 12.0 Å². The standard InChI is InChI=1S/C14H17NO2S/c1-2-11(16)7-8-15-14(17)13-9-10-5-3-4-6-12(10)18-13/h3-6,9,11,16H,2,7-8H2,1H3,(H,15,17). The van der Waals surface area contributed by atoms with Crippen LogP contribution in [0.1, 0.15) is 29.4 Å². The van der Waals surface area contributed by atoms with E-state index < -0.39 is 0 Å². The lowest BCUT2D eigenvalue weighted by molar-refractivity contribution is 0.0946. The first-order chi connectivity index (χ1) is 8.70. The van der Waals surface area contributed by atoms with Crippen molar-refractivity contribution in [3.63, 3.8) is 0 Å². The third-order valence-corrected chi connectivity index (χ3v) is 4.00. The number of benzene rings is 1. The van der Waals surface area contributed by atoms with E-state index in [2.05, 4.69) is 5.32 Å². The minimum Gasteiger partial charge on any atom is -0.393 e. The molecule has 1 atom stereocenters. The molecule has 3 nitrogen and oxygen atoms in total. The topological polar surface area (TPSA) is 49.3 Å². The maximum Gasteiger partial charge on any atom is 0.261 e. The first-order valence-corrected chi connectivity index (χ1v) is 6.97. The van der Waals surface area contributed by atoms with Crippen LogP contribution in [-0.4, -0.2) is 23.7 Å². The fraction of sp³-hybridized carbons (Fsp3) is 0.357. The number of nitrogens with one attached hydrogen (secondary N) is 1. The van der Waals surface area contributed by atoms with E-state index in [9.17, 15) is 9.90 Å². The van der Waals surface area contributed by atoms with E-state index in [0.29, 0.717) is 13.0 Å². The summed E-state index contributed by atoms with van der Waals surface area (Å²) in [5.74, 6) is -0.0560. The number of carbonyl (C=O) groups excluding carboxylic acids is 1. The fourth-order valence-corrected chi connectivity index (χ4v) is 2.72. The first kappa shape index (κ1) is 13.1. The lowest BCUT2D eigenvalue weighted by Crippen LogP contribution is -2.26. The molecule has 96 valence electrons. The van der Waals surface area contributed by atoms with Gasteiger partial charge in [0.15, 0.2) is 0 Å². The van der Waals surface area contributed by atoms with Gasteiger partial charge in [0.1, 0.15) is 0 Å². The minimum atomic E-state index is -0.326. The van der Waals surface area contributed by atoms with Crippen LogP contribution in [0.2, 0.25) is 0 Å². The van der Waals surface area contributed by atoms with Gasteiger partial charge in [-0.3, -0.25) is 4.79 Å². The van der Waals surface area contributed by atoms with Crippen molar-refractivity contribution in [1.82, 2.24) is 5.32 Å². The van der Waals surface area contributed by atoms with Gasteiger partial charge < -0.3 is 10.4 Å². The van der Waals surface area contributed by atoms with E-state index in [1.54, 1.807) is 0 Å². The van der Waals surface area contributed by atoms with Crippen molar-refractivity contribution in [1.29, 1.82) is 0 Å². The summed E-state index contributed by atoms with van der Waals surface area (Å²) < 4.78 is 1.12. The number of carbonyl (C=O) groups is 1. The molecule has 2 rings (SSSR count). The molecule has 0 spiro atoms. The van der Waals surface area contributed by atoms with Crippen molar-refractivity contribution in [3.8, 4) is 0 Å². The van der Waals surface area contributed by atoms with Crippen molar-refractivity contribution < 1.29 is 9.90 Å². The number of fused-ring (bicyclic) bond motifs is 1. The molecule has 1 aromatic heterocycles. The molecule has 2 N–H and O–H groups in total. The van der Waals surface area contributed by atoms with Crippen LogP contribution in [0.5, 0.6) is 0 Å². The molecule has 0 aliphatic rings. The number of aliphatic hydroxyl groups is 1. The van der Waals surface area contributed by atoms with Crippen molar-refractivity contribution in [3.05, 3.63) is 35.2 Å². The molecular formula is C14H17NO2S. The third-order valence-electron chi connectivity index (χ3n) is 2.88. The third kappa shape index (κ3) is 3.09. The summed E-state index contributed by atoms with van der Waals surface area (Å²) in [5, 5.41) is 13.3. The van der Waals surface area contributed by atoms with Gasteiger partial charge in [-0.25, -0.2) is 0 Å². The molecule has 0 radical (unpaired) electrons. The Morgan fingerprint density at radius 2 is 2.22 bits per heavy atom. The van der Waals surface area contributed by atoms with Crippen LogP contribution in [0.3, 0.4) is 0 Å². The van der Waals surface area contributed by atoms with Crippen molar-refractivity contribution in [2.75, 3.05) is 6.54 Å². The van der Waals surface area contributed by atoms with Crippen molar-refractivity contribution in [2.45, 2.75) is 25.9 Å². The van der Waals surface area contributed by atoms with Crippen LogP contribution in [0.15, 0.2) is 30.3 Å². The molecule has 1 heterocycles. The van der Waals surface area contributed by atoms with Crippen molar-refractivity contribution >= 4 is 27.3 Å². The monoisotopic (exact) mass is 263 g/mol. The van der Waals surface area contributed by atoms with Crippen LogP contribution in [0, 0.1) is 0 Å². The smallest absolute Gasteiger partial charge is 0.261 e. The van der Waals surface area contributed by atoms with Gasteiger partial charge in [-0.15, -0.1) is 11.3 Å². The first-order valence-electron chi connectivity index (χ1n) is 6.15. The molecule has 2 aromatic rings. The number of hydrogen-bond donors (Lipinski definition) is 2. The predicted octanol–water partition coefficient (Wildman–Crippen LogP) is 2.79. The fourth-order valence-electron chi connectivity index (χ4n) is 1.74. The summed E-state index contributed by atoms with van der Waals surface area (Å²) in [4.78, 5) is 12.6. The zero-order valence-electron chi connectivity index (χ0n) is 10.3. The lowest BCUT2D eigenvalue weighted by Gasteiger charge is -2.07. The predicted molar refractivity (Wildman–Crippen MR) is 75.1 cm³/mol. The Bertz CT molecular complexity index is 502. The average Bonchev–Trinajstić information content (AvgIpc) is 2.82. The van der Waals surface area contributed by atoms with Gasteiger partial charge in [-0.2, -0.15) is 0 Å². The Balaban J connectivity index is 1.96. The molecule has 1 amide bonds. The number of amides is 1. The molecule has 18 heavy (non-hydrogen) atoms. The van der Waals surface area contributed by atoms with E-state index >= 15 is 0 Å². The Morgan fingerprint density at radius 1 is 1.44 bits per heavy atom. The van der Waals surface area contributed by atoms with Gasteiger partial charge in [0.05, 0.1) is 11.0 Å². The highest BCUT2D eigenvalue weighted by atomic mass is 32.1.